The summed E-state index contributed by atoms with van der Waals surface area (Å²) in [7, 11) is 2.14. The standard InChI is InChI=1S/C23H30N4O3/c1-5-20(28)17-9-10-19(21(13-17)30-15-29-6-2)23-16(3)12-22(25-26-23)24-18-8-7-11-27(4)14-18/h1,9-10,12-13,18,20,28H,6-8,11,14-15H2,2-4H3,(H,24,25)/t18-,20?/m1/s1. The summed E-state index contributed by atoms with van der Waals surface area (Å²) in [6, 6.07) is 7.73. The van der Waals surface area contributed by atoms with Gasteiger partial charge in [0.15, 0.2) is 6.79 Å². The lowest BCUT2D eigenvalue weighted by Gasteiger charge is -2.30. The summed E-state index contributed by atoms with van der Waals surface area (Å²) < 4.78 is 11.1. The van der Waals surface area contributed by atoms with E-state index in [4.69, 9.17) is 15.9 Å². The van der Waals surface area contributed by atoms with Gasteiger partial charge in [-0.15, -0.1) is 16.6 Å². The number of aliphatic hydroxyl groups excluding tert-OH is 1. The van der Waals surface area contributed by atoms with Gasteiger partial charge in [-0.3, -0.25) is 0 Å². The van der Waals surface area contributed by atoms with E-state index in [2.05, 4.69) is 33.4 Å². The van der Waals surface area contributed by atoms with Gasteiger partial charge in [0.2, 0.25) is 0 Å². The van der Waals surface area contributed by atoms with Gasteiger partial charge < -0.3 is 24.8 Å². The zero-order valence-corrected chi connectivity index (χ0v) is 17.9. The molecule has 2 N–H and O–H groups in total. The summed E-state index contributed by atoms with van der Waals surface area (Å²) in [5, 5.41) is 22.4. The van der Waals surface area contributed by atoms with Crippen molar-refractivity contribution < 1.29 is 14.6 Å². The summed E-state index contributed by atoms with van der Waals surface area (Å²) in [5.41, 5.74) is 3.05. The molecule has 160 valence electrons. The Labute approximate surface area is 178 Å². The van der Waals surface area contributed by atoms with Gasteiger partial charge in [-0.05, 0) is 69.6 Å². The number of hydrogen-bond acceptors (Lipinski definition) is 7. The van der Waals surface area contributed by atoms with Gasteiger partial charge in [0.25, 0.3) is 0 Å². The third-order valence-corrected chi connectivity index (χ3v) is 5.20. The summed E-state index contributed by atoms with van der Waals surface area (Å²) in [6.45, 7) is 6.67. The van der Waals surface area contributed by atoms with Crippen LogP contribution in [0.5, 0.6) is 5.75 Å². The first-order chi connectivity index (χ1) is 14.5. The van der Waals surface area contributed by atoms with Crippen LogP contribution in [-0.4, -0.2) is 59.8 Å². The fourth-order valence-corrected chi connectivity index (χ4v) is 3.62. The molecule has 0 amide bonds. The van der Waals surface area contributed by atoms with E-state index >= 15 is 0 Å². The summed E-state index contributed by atoms with van der Waals surface area (Å²) in [4.78, 5) is 2.32. The third kappa shape index (κ3) is 5.48. The Hall–Kier alpha value is -2.66. The van der Waals surface area contributed by atoms with Crippen LogP contribution < -0.4 is 10.1 Å². The molecule has 0 saturated carbocycles. The molecule has 2 atom stereocenters. The number of likely N-dealkylation sites (tertiary alicyclic amines) is 1. The first-order valence-corrected chi connectivity index (χ1v) is 10.3. The number of piperidine rings is 1. The Morgan fingerprint density at radius 2 is 2.20 bits per heavy atom. The number of nitrogens with one attached hydrogen (secondary N) is 1. The van der Waals surface area contributed by atoms with Crippen molar-refractivity contribution in [3.63, 3.8) is 0 Å². The Morgan fingerprint density at radius 1 is 1.37 bits per heavy atom. The number of rotatable bonds is 8. The second-order valence-corrected chi connectivity index (χ2v) is 7.59. The largest absolute Gasteiger partial charge is 0.467 e. The van der Waals surface area contributed by atoms with Crippen LogP contribution in [0.2, 0.25) is 0 Å². The van der Waals surface area contributed by atoms with E-state index in [9.17, 15) is 5.11 Å². The minimum atomic E-state index is -0.999. The minimum Gasteiger partial charge on any atom is -0.467 e. The van der Waals surface area contributed by atoms with Crippen LogP contribution >= 0.6 is 0 Å². The number of likely N-dealkylation sites (N-methyl/N-ethyl adjacent to an activating group) is 1. The summed E-state index contributed by atoms with van der Waals surface area (Å²) in [5.74, 6) is 3.64. The zero-order chi connectivity index (χ0) is 21.5. The molecule has 2 heterocycles. The second kappa shape index (κ2) is 10.4. The summed E-state index contributed by atoms with van der Waals surface area (Å²) in [6.07, 6.45) is 6.66. The molecule has 3 rings (SSSR count). The lowest BCUT2D eigenvalue weighted by atomic mass is 10.0. The normalized spacial score (nSPS) is 17.9. The molecule has 0 bridgehead atoms. The molecule has 1 unspecified atom stereocenters. The first-order valence-electron chi connectivity index (χ1n) is 10.3. The molecule has 30 heavy (non-hydrogen) atoms. The average molecular weight is 411 g/mol. The number of aromatic nitrogens is 2. The van der Waals surface area contributed by atoms with E-state index in [1.807, 2.05) is 26.0 Å². The maximum atomic E-state index is 9.99. The molecule has 1 fully saturated rings. The number of anilines is 1. The molecule has 1 aliphatic heterocycles. The third-order valence-electron chi connectivity index (χ3n) is 5.20. The van der Waals surface area contributed by atoms with Crippen LogP contribution in [0.4, 0.5) is 5.82 Å². The van der Waals surface area contributed by atoms with Crippen molar-refractivity contribution in [2.45, 2.75) is 38.8 Å². The highest BCUT2D eigenvalue weighted by Gasteiger charge is 2.19. The van der Waals surface area contributed by atoms with Crippen molar-refractivity contribution >= 4 is 5.82 Å². The van der Waals surface area contributed by atoms with Crippen LogP contribution in [0.3, 0.4) is 0 Å². The minimum absolute atomic E-state index is 0.0976. The van der Waals surface area contributed by atoms with E-state index < -0.39 is 6.10 Å². The van der Waals surface area contributed by atoms with E-state index in [-0.39, 0.29) is 6.79 Å². The lowest BCUT2D eigenvalue weighted by molar-refractivity contribution is 0.0226. The predicted molar refractivity (Wildman–Crippen MR) is 117 cm³/mol. The topological polar surface area (TPSA) is 79.7 Å². The summed E-state index contributed by atoms with van der Waals surface area (Å²) >= 11 is 0. The number of aryl methyl sites for hydroxylation is 1. The molecule has 7 heteroatoms. The molecule has 1 saturated heterocycles. The van der Waals surface area contributed by atoms with Gasteiger partial charge >= 0.3 is 0 Å². The average Bonchev–Trinajstić information content (AvgIpc) is 2.74. The number of hydrogen-bond donors (Lipinski definition) is 2. The van der Waals surface area contributed by atoms with Crippen molar-refractivity contribution in [3.8, 4) is 29.4 Å². The SMILES string of the molecule is C#CC(O)c1ccc(-c2nnc(N[C@@H]3CCCN(C)C3)cc2C)c(OCOCC)c1. The van der Waals surface area contributed by atoms with Gasteiger partial charge in [-0.2, -0.15) is 0 Å². The molecular formula is C23H30N4O3. The van der Waals surface area contributed by atoms with Gasteiger partial charge in [0, 0.05) is 24.8 Å². The van der Waals surface area contributed by atoms with Crippen LogP contribution in [0.15, 0.2) is 24.3 Å². The highest BCUT2D eigenvalue weighted by atomic mass is 16.7. The van der Waals surface area contributed by atoms with Crippen molar-refractivity contribution in [2.24, 2.45) is 0 Å². The van der Waals surface area contributed by atoms with Gasteiger partial charge in [0.05, 0.1) is 5.69 Å². The molecule has 7 nitrogen and oxygen atoms in total. The molecule has 0 radical (unpaired) electrons. The number of nitrogens with zero attached hydrogens (tertiary/aromatic N) is 3. The Balaban J connectivity index is 1.85. The van der Waals surface area contributed by atoms with E-state index in [1.54, 1.807) is 12.1 Å². The smallest absolute Gasteiger partial charge is 0.189 e. The Morgan fingerprint density at radius 3 is 2.90 bits per heavy atom. The highest BCUT2D eigenvalue weighted by molar-refractivity contribution is 5.71. The second-order valence-electron chi connectivity index (χ2n) is 7.59. The zero-order valence-electron chi connectivity index (χ0n) is 17.9. The molecule has 1 aromatic heterocycles. The van der Waals surface area contributed by atoms with Crippen LogP contribution in [-0.2, 0) is 4.74 Å². The van der Waals surface area contributed by atoms with Crippen LogP contribution in [0.1, 0.15) is 37.0 Å². The van der Waals surface area contributed by atoms with Crippen molar-refractivity contribution in [1.29, 1.82) is 0 Å². The molecule has 1 aromatic carbocycles. The highest BCUT2D eigenvalue weighted by Crippen LogP contribution is 2.33. The fourth-order valence-electron chi connectivity index (χ4n) is 3.62. The van der Waals surface area contributed by atoms with Crippen LogP contribution in [0, 0.1) is 19.3 Å². The van der Waals surface area contributed by atoms with Crippen molar-refractivity contribution in [3.05, 3.63) is 35.4 Å². The van der Waals surface area contributed by atoms with Crippen molar-refractivity contribution in [1.82, 2.24) is 15.1 Å². The monoisotopic (exact) mass is 410 g/mol. The number of aliphatic hydroxyl groups is 1. The number of benzene rings is 1. The quantitative estimate of drug-likeness (QED) is 0.393. The van der Waals surface area contributed by atoms with E-state index in [1.165, 1.54) is 6.42 Å². The van der Waals surface area contributed by atoms with Gasteiger partial charge in [0.1, 0.15) is 17.7 Å². The Bertz CT molecular complexity index is 897. The maximum Gasteiger partial charge on any atom is 0.189 e. The van der Waals surface area contributed by atoms with Gasteiger partial charge in [-0.1, -0.05) is 12.0 Å². The number of ether oxygens (including phenoxy) is 2. The van der Waals surface area contributed by atoms with Gasteiger partial charge in [-0.25, -0.2) is 0 Å². The number of terminal acetylenes is 1. The molecule has 1 aliphatic rings. The molecular weight excluding hydrogens is 380 g/mol. The molecule has 0 spiro atoms. The first kappa shape index (κ1) is 22.0. The predicted octanol–water partition coefficient (Wildman–Crippen LogP) is 3.00. The van der Waals surface area contributed by atoms with Crippen LogP contribution in [0.25, 0.3) is 11.3 Å². The fraction of sp³-hybridized carbons (Fsp3) is 0.478. The van der Waals surface area contributed by atoms with Crippen molar-refractivity contribution in [2.75, 3.05) is 38.9 Å². The lowest BCUT2D eigenvalue weighted by Crippen LogP contribution is -2.39. The van der Waals surface area contributed by atoms with E-state index in [0.29, 0.717) is 24.0 Å². The van der Waals surface area contributed by atoms with E-state index in [0.717, 1.165) is 42.1 Å². The maximum absolute atomic E-state index is 9.99. The molecule has 2 aromatic rings. The molecule has 0 aliphatic carbocycles. The Kier molecular flexibility index (Phi) is 7.63.